The van der Waals surface area contributed by atoms with E-state index in [1.807, 2.05) is 22.8 Å². The molecule has 0 spiro atoms. The highest BCUT2D eigenvalue weighted by Crippen LogP contribution is 2.28. The largest absolute Gasteiger partial charge is 0.497 e. The third-order valence-electron chi connectivity index (χ3n) is 3.80. The fraction of sp³-hybridized carbons (Fsp3) is 0.316. The summed E-state index contributed by atoms with van der Waals surface area (Å²) in [5, 5.41) is 10.1. The summed E-state index contributed by atoms with van der Waals surface area (Å²) in [6, 6.07) is 12.4. The summed E-state index contributed by atoms with van der Waals surface area (Å²) in [6.07, 6.45) is 1.78. The first-order chi connectivity index (χ1) is 10.9. The highest BCUT2D eigenvalue weighted by molar-refractivity contribution is 5.82. The molecule has 1 aromatic heterocycles. The summed E-state index contributed by atoms with van der Waals surface area (Å²) in [6.45, 7) is 6.16. The maximum absolute atomic E-state index is 10.1. The number of nitrogens with zero attached hydrogens (tertiary/aromatic N) is 2. The normalized spacial score (nSPS) is 11.9. The van der Waals surface area contributed by atoms with Crippen LogP contribution in [0.4, 0.5) is 0 Å². The summed E-state index contributed by atoms with van der Waals surface area (Å²) in [7, 11) is 1.68. The molecule has 4 heteroatoms. The van der Waals surface area contributed by atoms with Crippen LogP contribution in [-0.4, -0.2) is 27.4 Å². The van der Waals surface area contributed by atoms with Gasteiger partial charge in [0.05, 0.1) is 36.6 Å². The average molecular weight is 310 g/mol. The van der Waals surface area contributed by atoms with Gasteiger partial charge >= 0.3 is 0 Å². The lowest BCUT2D eigenvalue weighted by molar-refractivity contribution is 0.0627. The fourth-order valence-corrected chi connectivity index (χ4v) is 2.81. The van der Waals surface area contributed by atoms with E-state index in [1.54, 1.807) is 27.3 Å². The van der Waals surface area contributed by atoms with E-state index in [0.29, 0.717) is 6.54 Å². The lowest BCUT2D eigenvalue weighted by atomic mass is 10.0. The van der Waals surface area contributed by atoms with Crippen molar-refractivity contribution >= 4 is 11.0 Å². The Hall–Kier alpha value is -2.33. The number of rotatable bonds is 4. The summed E-state index contributed by atoms with van der Waals surface area (Å²) in [5.74, 6) is 0.852. The van der Waals surface area contributed by atoms with E-state index in [-0.39, 0.29) is 0 Å². The average Bonchev–Trinajstić information content (AvgIpc) is 2.87. The fourth-order valence-electron chi connectivity index (χ4n) is 2.81. The van der Waals surface area contributed by atoms with Crippen LogP contribution in [0, 0.1) is 6.92 Å². The van der Waals surface area contributed by atoms with E-state index in [1.165, 1.54) is 0 Å². The molecule has 0 bridgehead atoms. The van der Waals surface area contributed by atoms with Gasteiger partial charge in [-0.05, 0) is 61.7 Å². The van der Waals surface area contributed by atoms with E-state index in [0.717, 1.165) is 33.5 Å². The Morgan fingerprint density at radius 1 is 1.13 bits per heavy atom. The van der Waals surface area contributed by atoms with Gasteiger partial charge in [-0.3, -0.25) is 0 Å². The van der Waals surface area contributed by atoms with Crippen LogP contribution in [-0.2, 0) is 6.54 Å². The third kappa shape index (κ3) is 3.37. The molecule has 0 fully saturated rings. The molecular weight excluding hydrogens is 288 g/mol. The van der Waals surface area contributed by atoms with Crippen LogP contribution in [0.15, 0.2) is 42.7 Å². The Morgan fingerprint density at radius 2 is 1.91 bits per heavy atom. The Balaban J connectivity index is 2.09. The van der Waals surface area contributed by atoms with Crippen molar-refractivity contribution in [3.63, 3.8) is 0 Å². The van der Waals surface area contributed by atoms with Crippen LogP contribution in [0.3, 0.4) is 0 Å². The van der Waals surface area contributed by atoms with Crippen molar-refractivity contribution in [3.8, 4) is 16.9 Å². The maximum Gasteiger partial charge on any atom is 0.119 e. The Kier molecular flexibility index (Phi) is 3.86. The summed E-state index contributed by atoms with van der Waals surface area (Å²) >= 11 is 0. The Morgan fingerprint density at radius 3 is 2.61 bits per heavy atom. The van der Waals surface area contributed by atoms with Gasteiger partial charge in [0.1, 0.15) is 5.75 Å². The minimum Gasteiger partial charge on any atom is -0.497 e. The second kappa shape index (κ2) is 5.70. The van der Waals surface area contributed by atoms with Gasteiger partial charge in [-0.2, -0.15) is 0 Å². The van der Waals surface area contributed by atoms with Crippen molar-refractivity contribution in [1.29, 1.82) is 0 Å². The summed E-state index contributed by atoms with van der Waals surface area (Å²) in [5.41, 5.74) is 4.54. The molecule has 0 radical (unpaired) electrons. The van der Waals surface area contributed by atoms with Crippen molar-refractivity contribution in [2.24, 2.45) is 0 Å². The van der Waals surface area contributed by atoms with Crippen LogP contribution in [0.5, 0.6) is 5.75 Å². The van der Waals surface area contributed by atoms with E-state index in [9.17, 15) is 5.11 Å². The zero-order chi connectivity index (χ0) is 16.6. The molecule has 1 N–H and O–H groups in total. The van der Waals surface area contributed by atoms with Gasteiger partial charge < -0.3 is 14.4 Å². The molecule has 0 unspecified atom stereocenters. The zero-order valence-corrected chi connectivity index (χ0v) is 14.0. The summed E-state index contributed by atoms with van der Waals surface area (Å²) in [4.78, 5) is 4.42. The van der Waals surface area contributed by atoms with Crippen LogP contribution >= 0.6 is 0 Å². The van der Waals surface area contributed by atoms with Gasteiger partial charge in [0, 0.05) is 0 Å². The van der Waals surface area contributed by atoms with E-state index in [4.69, 9.17) is 4.74 Å². The SMILES string of the molecule is COc1cc(C)cc(-c2ccc3ncn(CC(C)(C)O)c3c2)c1. The van der Waals surface area contributed by atoms with Crippen LogP contribution in [0.25, 0.3) is 22.2 Å². The number of methoxy groups -OCH3 is 1. The quantitative estimate of drug-likeness (QED) is 0.797. The minimum atomic E-state index is -0.782. The molecule has 3 aromatic rings. The molecule has 120 valence electrons. The molecule has 1 heterocycles. The van der Waals surface area contributed by atoms with Crippen LogP contribution < -0.4 is 4.74 Å². The number of aromatic nitrogens is 2. The molecular formula is C19H22N2O2. The van der Waals surface area contributed by atoms with E-state index in [2.05, 4.69) is 30.1 Å². The molecule has 0 aliphatic carbocycles. The van der Waals surface area contributed by atoms with Crippen molar-refractivity contribution in [1.82, 2.24) is 9.55 Å². The molecule has 0 aliphatic rings. The summed E-state index contributed by atoms with van der Waals surface area (Å²) < 4.78 is 7.36. The smallest absolute Gasteiger partial charge is 0.119 e. The van der Waals surface area contributed by atoms with E-state index >= 15 is 0 Å². The Labute approximate surface area is 136 Å². The molecule has 3 rings (SSSR count). The minimum absolute atomic E-state index is 0.504. The number of aliphatic hydroxyl groups is 1. The predicted octanol–water partition coefficient (Wildman–Crippen LogP) is 3.79. The predicted molar refractivity (Wildman–Crippen MR) is 92.8 cm³/mol. The first-order valence-electron chi connectivity index (χ1n) is 7.69. The zero-order valence-electron chi connectivity index (χ0n) is 14.0. The molecule has 4 nitrogen and oxygen atoms in total. The van der Waals surface area contributed by atoms with Gasteiger partial charge in [-0.1, -0.05) is 12.1 Å². The molecule has 0 saturated heterocycles. The number of ether oxygens (including phenoxy) is 1. The second-order valence-electron chi connectivity index (χ2n) is 6.63. The van der Waals surface area contributed by atoms with E-state index < -0.39 is 5.60 Å². The van der Waals surface area contributed by atoms with Crippen molar-refractivity contribution in [2.45, 2.75) is 32.9 Å². The molecule has 0 atom stereocenters. The number of imidazole rings is 1. The highest BCUT2D eigenvalue weighted by Gasteiger charge is 2.15. The molecule has 0 amide bonds. The first-order valence-corrected chi connectivity index (χ1v) is 7.69. The number of hydrogen-bond acceptors (Lipinski definition) is 3. The maximum atomic E-state index is 10.1. The molecule has 2 aromatic carbocycles. The standard InChI is InChI=1S/C19H22N2O2/c1-13-7-15(9-16(8-13)23-4)14-5-6-17-18(10-14)21(12-20-17)11-19(2,3)22/h5-10,12,22H,11H2,1-4H3. The number of hydrogen-bond donors (Lipinski definition) is 1. The van der Waals surface area contributed by atoms with Crippen LogP contribution in [0.1, 0.15) is 19.4 Å². The number of fused-ring (bicyclic) bond motifs is 1. The molecule has 0 saturated carbocycles. The Bertz CT molecular complexity index is 844. The van der Waals surface area contributed by atoms with Crippen LogP contribution in [0.2, 0.25) is 0 Å². The van der Waals surface area contributed by atoms with Gasteiger partial charge in [0.15, 0.2) is 0 Å². The van der Waals surface area contributed by atoms with Gasteiger partial charge in [0.2, 0.25) is 0 Å². The molecule has 0 aliphatic heterocycles. The third-order valence-corrected chi connectivity index (χ3v) is 3.80. The van der Waals surface area contributed by atoms with Gasteiger partial charge in [0.25, 0.3) is 0 Å². The molecule has 23 heavy (non-hydrogen) atoms. The van der Waals surface area contributed by atoms with Crippen molar-refractivity contribution in [3.05, 3.63) is 48.3 Å². The lowest BCUT2D eigenvalue weighted by Gasteiger charge is -2.18. The first kappa shape index (κ1) is 15.6. The van der Waals surface area contributed by atoms with Crippen molar-refractivity contribution in [2.75, 3.05) is 7.11 Å². The monoisotopic (exact) mass is 310 g/mol. The lowest BCUT2D eigenvalue weighted by Crippen LogP contribution is -2.25. The number of benzene rings is 2. The number of aryl methyl sites for hydroxylation is 1. The second-order valence-corrected chi connectivity index (χ2v) is 6.63. The van der Waals surface area contributed by atoms with Gasteiger partial charge in [-0.15, -0.1) is 0 Å². The topological polar surface area (TPSA) is 47.3 Å². The highest BCUT2D eigenvalue weighted by atomic mass is 16.5. The van der Waals surface area contributed by atoms with Crippen molar-refractivity contribution < 1.29 is 9.84 Å². The van der Waals surface area contributed by atoms with Gasteiger partial charge in [-0.25, -0.2) is 4.98 Å².